The first-order valence-electron chi connectivity index (χ1n) is 4.54. The van der Waals surface area contributed by atoms with Gasteiger partial charge in [-0.1, -0.05) is 12.2 Å². The normalized spacial score (nSPS) is 15.4. The Bertz CT molecular complexity index is 366. The van der Waals surface area contributed by atoms with Crippen LogP contribution in [0.1, 0.15) is 18.5 Å². The number of rotatable bonds is 2. The predicted octanol–water partition coefficient (Wildman–Crippen LogP) is 1.48. The SMILES string of the molecule is N#Cc1ccc(NC2CC=CC2)nn1. The summed E-state index contributed by atoms with van der Waals surface area (Å²) in [4.78, 5) is 0. The summed E-state index contributed by atoms with van der Waals surface area (Å²) < 4.78 is 0. The number of hydrogen-bond donors (Lipinski definition) is 1. The molecule has 14 heavy (non-hydrogen) atoms. The molecular weight excluding hydrogens is 176 g/mol. The monoisotopic (exact) mass is 186 g/mol. The van der Waals surface area contributed by atoms with Gasteiger partial charge in [0.15, 0.2) is 5.69 Å². The molecule has 0 amide bonds. The van der Waals surface area contributed by atoms with E-state index >= 15 is 0 Å². The van der Waals surface area contributed by atoms with Gasteiger partial charge in [0, 0.05) is 6.04 Å². The Morgan fingerprint density at radius 2 is 2.07 bits per heavy atom. The van der Waals surface area contributed by atoms with Crippen molar-refractivity contribution in [2.24, 2.45) is 0 Å². The number of nitriles is 1. The van der Waals surface area contributed by atoms with Crippen molar-refractivity contribution in [2.45, 2.75) is 18.9 Å². The summed E-state index contributed by atoms with van der Waals surface area (Å²) in [6.07, 6.45) is 6.35. The van der Waals surface area contributed by atoms with Crippen LogP contribution in [0.15, 0.2) is 24.3 Å². The van der Waals surface area contributed by atoms with E-state index in [-0.39, 0.29) is 0 Å². The lowest BCUT2D eigenvalue weighted by Gasteiger charge is -2.11. The highest BCUT2D eigenvalue weighted by Crippen LogP contribution is 2.14. The van der Waals surface area contributed by atoms with E-state index in [4.69, 9.17) is 5.26 Å². The van der Waals surface area contributed by atoms with Gasteiger partial charge in [-0.25, -0.2) is 0 Å². The molecule has 0 fully saturated rings. The van der Waals surface area contributed by atoms with E-state index in [1.165, 1.54) is 0 Å². The van der Waals surface area contributed by atoms with Crippen molar-refractivity contribution >= 4 is 5.82 Å². The molecule has 0 aliphatic heterocycles. The largest absolute Gasteiger partial charge is 0.365 e. The van der Waals surface area contributed by atoms with Crippen molar-refractivity contribution in [1.82, 2.24) is 10.2 Å². The molecule has 1 aliphatic rings. The van der Waals surface area contributed by atoms with Crippen LogP contribution in [-0.2, 0) is 0 Å². The molecule has 0 saturated carbocycles. The zero-order valence-electron chi connectivity index (χ0n) is 7.64. The van der Waals surface area contributed by atoms with Gasteiger partial charge in [0.2, 0.25) is 0 Å². The lowest BCUT2D eigenvalue weighted by Crippen LogP contribution is -2.16. The highest BCUT2D eigenvalue weighted by Gasteiger charge is 2.09. The molecule has 0 spiro atoms. The van der Waals surface area contributed by atoms with Crippen molar-refractivity contribution in [3.8, 4) is 6.07 Å². The first-order chi connectivity index (χ1) is 6.88. The molecule has 4 heteroatoms. The Labute approximate surface area is 82.3 Å². The second-order valence-electron chi connectivity index (χ2n) is 3.20. The number of aromatic nitrogens is 2. The molecule has 0 unspecified atom stereocenters. The molecule has 1 aliphatic carbocycles. The third-order valence-corrected chi connectivity index (χ3v) is 2.14. The topological polar surface area (TPSA) is 61.6 Å². The fourth-order valence-corrected chi connectivity index (χ4v) is 1.41. The van der Waals surface area contributed by atoms with Crippen LogP contribution in [-0.4, -0.2) is 16.2 Å². The summed E-state index contributed by atoms with van der Waals surface area (Å²) in [5.41, 5.74) is 0.347. The van der Waals surface area contributed by atoms with Crippen molar-refractivity contribution in [3.05, 3.63) is 30.0 Å². The first-order valence-corrected chi connectivity index (χ1v) is 4.54. The molecular formula is C10H10N4. The maximum Gasteiger partial charge on any atom is 0.163 e. The molecule has 0 saturated heterocycles. The van der Waals surface area contributed by atoms with Crippen LogP contribution in [0.5, 0.6) is 0 Å². The van der Waals surface area contributed by atoms with Crippen LogP contribution < -0.4 is 5.32 Å². The molecule has 0 atom stereocenters. The lowest BCUT2D eigenvalue weighted by atomic mass is 10.2. The van der Waals surface area contributed by atoms with Crippen LogP contribution in [0.25, 0.3) is 0 Å². The highest BCUT2D eigenvalue weighted by molar-refractivity contribution is 5.37. The van der Waals surface area contributed by atoms with Gasteiger partial charge in [0.1, 0.15) is 11.9 Å². The Hall–Kier alpha value is -1.89. The van der Waals surface area contributed by atoms with E-state index < -0.39 is 0 Å². The van der Waals surface area contributed by atoms with E-state index in [0.29, 0.717) is 11.7 Å². The summed E-state index contributed by atoms with van der Waals surface area (Å²) in [6.45, 7) is 0. The van der Waals surface area contributed by atoms with Crippen molar-refractivity contribution < 1.29 is 0 Å². The van der Waals surface area contributed by atoms with Gasteiger partial charge in [-0.3, -0.25) is 0 Å². The van der Waals surface area contributed by atoms with Gasteiger partial charge < -0.3 is 5.32 Å². The Balaban J connectivity index is 2.00. The van der Waals surface area contributed by atoms with E-state index in [0.717, 1.165) is 18.7 Å². The van der Waals surface area contributed by atoms with Gasteiger partial charge in [-0.05, 0) is 25.0 Å². The molecule has 4 nitrogen and oxygen atoms in total. The highest BCUT2D eigenvalue weighted by atomic mass is 15.2. The van der Waals surface area contributed by atoms with Gasteiger partial charge in [-0.2, -0.15) is 5.26 Å². The number of nitrogens with zero attached hydrogens (tertiary/aromatic N) is 3. The van der Waals surface area contributed by atoms with Gasteiger partial charge in [0.25, 0.3) is 0 Å². The fourth-order valence-electron chi connectivity index (χ4n) is 1.41. The third-order valence-electron chi connectivity index (χ3n) is 2.14. The van der Waals surface area contributed by atoms with E-state index in [9.17, 15) is 0 Å². The average Bonchev–Trinajstić information content (AvgIpc) is 2.72. The van der Waals surface area contributed by atoms with Crippen LogP contribution in [0.4, 0.5) is 5.82 Å². The molecule has 2 rings (SSSR count). The quantitative estimate of drug-likeness (QED) is 0.710. The molecule has 0 aromatic carbocycles. The minimum atomic E-state index is 0.347. The zero-order chi connectivity index (χ0) is 9.80. The van der Waals surface area contributed by atoms with Crippen molar-refractivity contribution in [3.63, 3.8) is 0 Å². The summed E-state index contributed by atoms with van der Waals surface area (Å²) in [7, 11) is 0. The van der Waals surface area contributed by atoms with Crippen LogP contribution in [0.2, 0.25) is 0 Å². The predicted molar refractivity (Wildman–Crippen MR) is 52.5 cm³/mol. The Morgan fingerprint density at radius 3 is 2.64 bits per heavy atom. The van der Waals surface area contributed by atoms with Crippen LogP contribution >= 0.6 is 0 Å². The minimum Gasteiger partial charge on any atom is -0.365 e. The van der Waals surface area contributed by atoms with Gasteiger partial charge in [-0.15, -0.1) is 10.2 Å². The third kappa shape index (κ3) is 1.88. The first kappa shape index (κ1) is 8.70. The van der Waals surface area contributed by atoms with Crippen LogP contribution in [0, 0.1) is 11.3 Å². The number of nitrogens with one attached hydrogen (secondary N) is 1. The van der Waals surface area contributed by atoms with Crippen molar-refractivity contribution in [2.75, 3.05) is 5.32 Å². The Morgan fingerprint density at radius 1 is 1.29 bits per heavy atom. The number of hydrogen-bond acceptors (Lipinski definition) is 4. The molecule has 1 aromatic heterocycles. The summed E-state index contributed by atoms with van der Waals surface area (Å²) in [6, 6.07) is 5.81. The van der Waals surface area contributed by atoms with E-state index in [1.54, 1.807) is 12.1 Å². The Kier molecular flexibility index (Phi) is 2.41. The molecule has 0 radical (unpaired) electrons. The van der Waals surface area contributed by atoms with Crippen molar-refractivity contribution in [1.29, 1.82) is 5.26 Å². The molecule has 1 aromatic rings. The van der Waals surface area contributed by atoms with E-state index in [2.05, 4.69) is 27.7 Å². The molecule has 1 N–H and O–H groups in total. The average molecular weight is 186 g/mol. The minimum absolute atomic E-state index is 0.347. The standard InChI is InChI=1S/C10H10N4/c11-7-9-5-6-10(14-13-9)12-8-3-1-2-4-8/h1-2,5-6,8H,3-4H2,(H,12,14). The molecule has 1 heterocycles. The second-order valence-corrected chi connectivity index (χ2v) is 3.20. The van der Waals surface area contributed by atoms with E-state index in [1.807, 2.05) is 6.07 Å². The van der Waals surface area contributed by atoms with Gasteiger partial charge in [0.05, 0.1) is 0 Å². The van der Waals surface area contributed by atoms with Gasteiger partial charge >= 0.3 is 0 Å². The molecule has 70 valence electrons. The fraction of sp³-hybridized carbons (Fsp3) is 0.300. The summed E-state index contributed by atoms with van der Waals surface area (Å²) in [5.74, 6) is 0.734. The lowest BCUT2D eigenvalue weighted by molar-refractivity contribution is 0.774. The number of anilines is 1. The second kappa shape index (κ2) is 3.88. The summed E-state index contributed by atoms with van der Waals surface area (Å²) in [5, 5.41) is 19.4. The van der Waals surface area contributed by atoms with Crippen LogP contribution in [0.3, 0.4) is 0 Å². The summed E-state index contributed by atoms with van der Waals surface area (Å²) >= 11 is 0. The zero-order valence-corrected chi connectivity index (χ0v) is 7.64. The maximum atomic E-state index is 8.53. The maximum absolute atomic E-state index is 8.53. The molecule has 0 bridgehead atoms. The smallest absolute Gasteiger partial charge is 0.163 e.